The number of rotatable bonds is 5. The molecule has 0 radical (unpaired) electrons. The Labute approximate surface area is 138 Å². The van der Waals surface area contributed by atoms with Crippen LogP contribution in [0.4, 0.5) is 4.39 Å². The molecule has 4 rings (SSSR count). The number of nitrogens with one attached hydrogen (secondary N) is 1. The number of hydrogen-bond acceptors (Lipinski definition) is 5. The van der Waals surface area contributed by atoms with Crippen molar-refractivity contribution in [3.63, 3.8) is 0 Å². The smallest absolute Gasteiger partial charge is 0.177 e. The first-order chi connectivity index (χ1) is 11.7. The number of aromatic nitrogens is 5. The summed E-state index contributed by atoms with van der Waals surface area (Å²) in [5.74, 6) is 0.668. The number of H-pyrrole nitrogens is 1. The highest BCUT2D eigenvalue weighted by Gasteiger charge is 2.33. The van der Waals surface area contributed by atoms with Gasteiger partial charge in [0.25, 0.3) is 0 Å². The summed E-state index contributed by atoms with van der Waals surface area (Å²) >= 11 is 0. The molecular weight excluding hydrogens is 311 g/mol. The van der Waals surface area contributed by atoms with Gasteiger partial charge in [0.2, 0.25) is 0 Å². The molecule has 24 heavy (non-hydrogen) atoms. The van der Waals surface area contributed by atoms with Gasteiger partial charge in [0.15, 0.2) is 5.65 Å². The lowest BCUT2D eigenvalue weighted by Crippen LogP contribution is -2.24. The van der Waals surface area contributed by atoms with Crippen molar-refractivity contribution in [2.75, 3.05) is 13.1 Å². The highest BCUT2D eigenvalue weighted by atomic mass is 19.1. The average molecular weight is 330 g/mol. The lowest BCUT2D eigenvalue weighted by molar-refractivity contribution is 0.00863. The van der Waals surface area contributed by atoms with Crippen LogP contribution < -0.4 is 0 Å². The van der Waals surface area contributed by atoms with Crippen LogP contribution in [-0.2, 0) is 24.9 Å². The first-order valence-electron chi connectivity index (χ1n) is 7.92. The van der Waals surface area contributed by atoms with Crippen molar-refractivity contribution in [2.45, 2.75) is 25.4 Å². The summed E-state index contributed by atoms with van der Waals surface area (Å²) in [5, 5.41) is 4.14. The molecule has 1 aliphatic rings. The Kier molecular flexibility index (Phi) is 3.99. The van der Waals surface area contributed by atoms with E-state index in [0.29, 0.717) is 31.1 Å². The highest BCUT2D eigenvalue weighted by molar-refractivity contribution is 5.69. The molecule has 1 fully saturated rings. The molecule has 1 N–H and O–H groups in total. The predicted octanol–water partition coefficient (Wildman–Crippen LogP) is 1.43. The summed E-state index contributed by atoms with van der Waals surface area (Å²) in [5.41, 5.74) is 2.59. The second-order valence-corrected chi connectivity index (χ2v) is 6.14. The van der Waals surface area contributed by atoms with Gasteiger partial charge in [-0.15, -0.1) is 0 Å². The number of imidazole rings is 1. The van der Waals surface area contributed by atoms with Gasteiger partial charge < -0.3 is 9.72 Å². The van der Waals surface area contributed by atoms with Gasteiger partial charge in [0, 0.05) is 44.6 Å². The zero-order valence-electron chi connectivity index (χ0n) is 13.4. The molecule has 0 unspecified atom stereocenters. The molecule has 2 atom stereocenters. The van der Waals surface area contributed by atoms with Crippen LogP contribution in [0.3, 0.4) is 0 Å². The SMILES string of the molecule is Cn1cc(CN2C[C@@H](F)[C@@H](OCc3nc4ncccc4[nH]3)C2)cn1. The normalized spacial score (nSPS) is 21.8. The van der Waals surface area contributed by atoms with Crippen LogP contribution in [0.5, 0.6) is 0 Å². The molecule has 0 amide bonds. The lowest BCUT2D eigenvalue weighted by atomic mass is 10.3. The Balaban J connectivity index is 1.34. The molecule has 3 aromatic heterocycles. The number of aryl methyl sites for hydroxylation is 1. The second kappa shape index (κ2) is 6.29. The highest BCUT2D eigenvalue weighted by Crippen LogP contribution is 2.20. The molecule has 1 aliphatic heterocycles. The maximum Gasteiger partial charge on any atom is 0.177 e. The van der Waals surface area contributed by atoms with Crippen molar-refractivity contribution in [1.29, 1.82) is 0 Å². The Morgan fingerprint density at radius 3 is 3.12 bits per heavy atom. The van der Waals surface area contributed by atoms with E-state index in [1.54, 1.807) is 10.9 Å². The molecule has 126 valence electrons. The van der Waals surface area contributed by atoms with E-state index < -0.39 is 12.3 Å². The van der Waals surface area contributed by atoms with Crippen LogP contribution in [0.2, 0.25) is 0 Å². The van der Waals surface area contributed by atoms with Gasteiger partial charge in [0.1, 0.15) is 24.7 Å². The van der Waals surface area contributed by atoms with E-state index in [-0.39, 0.29) is 6.61 Å². The summed E-state index contributed by atoms with van der Waals surface area (Å²) in [4.78, 5) is 13.7. The fourth-order valence-electron chi connectivity index (χ4n) is 3.05. The summed E-state index contributed by atoms with van der Waals surface area (Å²) in [7, 11) is 1.87. The minimum Gasteiger partial charge on any atom is -0.366 e. The third-order valence-corrected chi connectivity index (χ3v) is 4.18. The fraction of sp³-hybridized carbons (Fsp3) is 0.438. The van der Waals surface area contributed by atoms with E-state index in [4.69, 9.17) is 4.74 Å². The number of ether oxygens (including phenoxy) is 1. The topological polar surface area (TPSA) is 71.9 Å². The van der Waals surface area contributed by atoms with Gasteiger partial charge in [-0.25, -0.2) is 14.4 Å². The van der Waals surface area contributed by atoms with E-state index in [0.717, 1.165) is 11.1 Å². The number of aromatic amines is 1. The van der Waals surface area contributed by atoms with Gasteiger partial charge in [-0.1, -0.05) is 0 Å². The van der Waals surface area contributed by atoms with E-state index in [9.17, 15) is 4.39 Å². The number of alkyl halides is 1. The van der Waals surface area contributed by atoms with E-state index >= 15 is 0 Å². The number of hydrogen-bond donors (Lipinski definition) is 1. The number of pyridine rings is 1. The first-order valence-corrected chi connectivity index (χ1v) is 7.92. The van der Waals surface area contributed by atoms with Crippen LogP contribution in [0.25, 0.3) is 11.2 Å². The van der Waals surface area contributed by atoms with Crippen LogP contribution in [0, 0.1) is 0 Å². The minimum atomic E-state index is -0.996. The number of halogens is 1. The average Bonchev–Trinajstić information content (AvgIpc) is 3.24. The molecule has 0 bridgehead atoms. The van der Waals surface area contributed by atoms with Crippen LogP contribution in [0.15, 0.2) is 30.7 Å². The second-order valence-electron chi connectivity index (χ2n) is 6.14. The van der Waals surface area contributed by atoms with Gasteiger partial charge in [-0.3, -0.25) is 9.58 Å². The van der Waals surface area contributed by atoms with E-state index in [2.05, 4.69) is 20.1 Å². The summed E-state index contributed by atoms with van der Waals surface area (Å²) in [6.07, 6.45) is 4.01. The quantitative estimate of drug-likeness (QED) is 0.766. The van der Waals surface area contributed by atoms with Gasteiger partial charge >= 0.3 is 0 Å². The van der Waals surface area contributed by atoms with Crippen LogP contribution in [-0.4, -0.2) is 55.0 Å². The maximum absolute atomic E-state index is 14.2. The van der Waals surface area contributed by atoms with Crippen molar-refractivity contribution in [1.82, 2.24) is 29.6 Å². The molecular formula is C16H19FN6O. The minimum absolute atomic E-state index is 0.252. The predicted molar refractivity (Wildman–Crippen MR) is 85.8 cm³/mol. The Morgan fingerprint density at radius 1 is 1.42 bits per heavy atom. The third-order valence-electron chi connectivity index (χ3n) is 4.18. The number of likely N-dealkylation sites (tertiary alicyclic amines) is 1. The summed E-state index contributed by atoms with van der Waals surface area (Å²) in [6, 6.07) is 3.75. The molecule has 0 aliphatic carbocycles. The summed E-state index contributed by atoms with van der Waals surface area (Å²) in [6.45, 7) is 1.88. The first kappa shape index (κ1) is 15.2. The monoisotopic (exact) mass is 330 g/mol. The Hall–Kier alpha value is -2.32. The fourth-order valence-corrected chi connectivity index (χ4v) is 3.05. The zero-order chi connectivity index (χ0) is 16.5. The standard InChI is InChI=1S/C16H19FN6O/c1-22-6-11(5-19-22)7-23-8-12(17)14(9-23)24-10-15-20-13-3-2-4-18-16(13)21-15/h2-6,12,14H,7-10H2,1H3,(H,18,20,21)/t12-,14+/m1/s1. The van der Waals surface area contributed by atoms with Gasteiger partial charge in [0.05, 0.1) is 11.7 Å². The molecule has 0 aromatic carbocycles. The van der Waals surface area contributed by atoms with Crippen LogP contribution >= 0.6 is 0 Å². The van der Waals surface area contributed by atoms with Gasteiger partial charge in [-0.05, 0) is 12.1 Å². The molecule has 3 aromatic rings. The van der Waals surface area contributed by atoms with Crippen molar-refractivity contribution < 1.29 is 9.13 Å². The number of fused-ring (bicyclic) bond motifs is 1. The Bertz CT molecular complexity index is 798. The van der Waals surface area contributed by atoms with Gasteiger partial charge in [-0.2, -0.15) is 5.10 Å². The van der Waals surface area contributed by atoms with Crippen molar-refractivity contribution in [3.05, 3.63) is 42.1 Å². The van der Waals surface area contributed by atoms with E-state index in [1.165, 1.54) is 0 Å². The lowest BCUT2D eigenvalue weighted by Gasteiger charge is -2.14. The van der Waals surface area contributed by atoms with Crippen molar-refractivity contribution in [2.24, 2.45) is 7.05 Å². The van der Waals surface area contributed by atoms with Crippen LogP contribution in [0.1, 0.15) is 11.4 Å². The van der Waals surface area contributed by atoms with Crippen molar-refractivity contribution in [3.8, 4) is 0 Å². The molecule has 1 saturated heterocycles. The molecule has 0 saturated carbocycles. The maximum atomic E-state index is 14.2. The third kappa shape index (κ3) is 3.15. The Morgan fingerprint density at radius 2 is 2.33 bits per heavy atom. The summed E-state index contributed by atoms with van der Waals surface area (Å²) < 4.78 is 21.7. The molecule has 7 nitrogen and oxygen atoms in total. The van der Waals surface area contributed by atoms with Crippen molar-refractivity contribution >= 4 is 11.2 Å². The largest absolute Gasteiger partial charge is 0.366 e. The number of nitrogens with zero attached hydrogens (tertiary/aromatic N) is 5. The molecule has 0 spiro atoms. The van der Waals surface area contributed by atoms with E-state index in [1.807, 2.05) is 36.5 Å². The molecule has 4 heterocycles. The molecule has 8 heteroatoms. The zero-order valence-corrected chi connectivity index (χ0v) is 13.4.